The highest BCUT2D eigenvalue weighted by molar-refractivity contribution is 14.1. The van der Waals surface area contributed by atoms with Crippen molar-refractivity contribution in [2.75, 3.05) is 12.4 Å². The maximum Gasteiger partial charge on any atom is 0.241 e. The Balaban J connectivity index is 2.22. The second-order valence-electron chi connectivity index (χ2n) is 5.30. The van der Waals surface area contributed by atoms with Crippen molar-refractivity contribution < 1.29 is 13.2 Å². The van der Waals surface area contributed by atoms with Crippen molar-refractivity contribution >= 4 is 50.1 Å². The quantitative estimate of drug-likeness (QED) is 0.439. The second-order valence-corrected chi connectivity index (χ2v) is 8.64. The lowest BCUT2D eigenvalue weighted by atomic mass is 10.1. The predicted octanol–water partition coefficient (Wildman–Crippen LogP) is 2.54. The molecule has 0 aliphatic heterocycles. The van der Waals surface area contributed by atoms with Crippen LogP contribution in [0.5, 0.6) is 0 Å². The van der Waals surface area contributed by atoms with E-state index in [0.29, 0.717) is 0 Å². The average Bonchev–Trinajstić information content (AvgIpc) is 2.60. The van der Waals surface area contributed by atoms with Gasteiger partial charge in [0, 0.05) is 16.0 Å². The Labute approximate surface area is 166 Å². The molecule has 0 heterocycles. The van der Waals surface area contributed by atoms with Gasteiger partial charge in [0.05, 0.1) is 4.90 Å². The van der Waals surface area contributed by atoms with Gasteiger partial charge in [-0.15, -0.1) is 11.6 Å². The summed E-state index contributed by atoms with van der Waals surface area (Å²) in [6.07, 6.45) is 0.249. The van der Waals surface area contributed by atoms with E-state index >= 15 is 0 Å². The number of sulfonamides is 1. The van der Waals surface area contributed by atoms with Gasteiger partial charge in [0.2, 0.25) is 15.9 Å². The number of hydrogen-bond donors (Lipinski definition) is 2. The maximum atomic E-state index is 12.6. The lowest BCUT2D eigenvalue weighted by Gasteiger charge is -2.18. The van der Waals surface area contributed by atoms with E-state index in [4.69, 9.17) is 11.6 Å². The van der Waals surface area contributed by atoms with Gasteiger partial charge in [0.15, 0.2) is 0 Å². The molecule has 0 unspecified atom stereocenters. The summed E-state index contributed by atoms with van der Waals surface area (Å²) in [7, 11) is -3.81. The van der Waals surface area contributed by atoms with Crippen LogP contribution in [0.25, 0.3) is 0 Å². The SMILES string of the molecule is O=C(NCCCl)[C@H](Cc1ccccc1)NS(=O)(=O)c1ccc(I)cc1. The van der Waals surface area contributed by atoms with Crippen LogP contribution in [0.3, 0.4) is 0 Å². The molecule has 25 heavy (non-hydrogen) atoms. The van der Waals surface area contributed by atoms with E-state index < -0.39 is 22.0 Å². The molecule has 0 aliphatic carbocycles. The smallest absolute Gasteiger partial charge is 0.241 e. The molecule has 1 amide bonds. The highest BCUT2D eigenvalue weighted by Crippen LogP contribution is 2.13. The van der Waals surface area contributed by atoms with Crippen molar-refractivity contribution in [3.05, 3.63) is 63.7 Å². The minimum atomic E-state index is -3.81. The molecule has 2 N–H and O–H groups in total. The topological polar surface area (TPSA) is 75.3 Å². The number of hydrogen-bond acceptors (Lipinski definition) is 3. The molecule has 0 bridgehead atoms. The number of amides is 1. The van der Waals surface area contributed by atoms with E-state index in [1.807, 2.05) is 30.3 Å². The van der Waals surface area contributed by atoms with E-state index in [0.717, 1.165) is 9.13 Å². The van der Waals surface area contributed by atoms with Crippen LogP contribution in [0, 0.1) is 3.57 Å². The molecule has 134 valence electrons. The Hall–Kier alpha value is -1.16. The number of nitrogens with one attached hydrogen (secondary N) is 2. The highest BCUT2D eigenvalue weighted by atomic mass is 127. The standard InChI is InChI=1S/C17H18ClIN2O3S/c18-10-11-20-17(22)16(12-13-4-2-1-3-5-13)21-25(23,24)15-8-6-14(19)7-9-15/h1-9,16,21H,10-12H2,(H,20,22)/t16-/m0/s1. The van der Waals surface area contributed by atoms with E-state index in [9.17, 15) is 13.2 Å². The van der Waals surface area contributed by atoms with Crippen LogP contribution >= 0.6 is 34.2 Å². The lowest BCUT2D eigenvalue weighted by Crippen LogP contribution is -2.48. The van der Waals surface area contributed by atoms with Gasteiger partial charge < -0.3 is 5.32 Å². The van der Waals surface area contributed by atoms with Crippen molar-refractivity contribution in [2.24, 2.45) is 0 Å². The van der Waals surface area contributed by atoms with Gasteiger partial charge in [0.1, 0.15) is 6.04 Å². The van der Waals surface area contributed by atoms with Crippen LogP contribution in [0.1, 0.15) is 5.56 Å². The Kier molecular flexibility index (Phi) is 7.67. The summed E-state index contributed by atoms with van der Waals surface area (Å²) in [6, 6.07) is 14.8. The Morgan fingerprint density at radius 3 is 2.32 bits per heavy atom. The second kappa shape index (κ2) is 9.51. The fourth-order valence-corrected chi connectivity index (χ4v) is 3.85. The zero-order chi connectivity index (χ0) is 18.3. The first-order valence-electron chi connectivity index (χ1n) is 7.58. The summed E-state index contributed by atoms with van der Waals surface area (Å²) in [5.41, 5.74) is 0.860. The van der Waals surface area contributed by atoms with Gasteiger partial charge in [-0.1, -0.05) is 30.3 Å². The molecule has 0 saturated carbocycles. The summed E-state index contributed by atoms with van der Waals surface area (Å²) in [5.74, 6) is -0.146. The van der Waals surface area contributed by atoms with Crippen molar-refractivity contribution in [1.29, 1.82) is 0 Å². The molecule has 2 aromatic carbocycles. The zero-order valence-corrected chi connectivity index (χ0v) is 17.0. The third-order valence-corrected chi connectivity index (χ3v) is 5.81. The monoisotopic (exact) mass is 492 g/mol. The van der Waals surface area contributed by atoms with Crippen molar-refractivity contribution in [3.8, 4) is 0 Å². The summed E-state index contributed by atoms with van der Waals surface area (Å²) in [5, 5.41) is 2.64. The molecule has 2 rings (SSSR count). The lowest BCUT2D eigenvalue weighted by molar-refractivity contribution is -0.122. The summed E-state index contributed by atoms with van der Waals surface area (Å²) in [4.78, 5) is 12.5. The van der Waals surface area contributed by atoms with Crippen molar-refractivity contribution in [1.82, 2.24) is 10.0 Å². The number of halogens is 2. The summed E-state index contributed by atoms with van der Waals surface area (Å²) < 4.78 is 28.6. The number of rotatable bonds is 8. The molecular weight excluding hydrogens is 475 g/mol. The van der Waals surface area contributed by atoms with Gasteiger partial charge in [0.25, 0.3) is 0 Å². The van der Waals surface area contributed by atoms with Gasteiger partial charge in [-0.2, -0.15) is 4.72 Å². The van der Waals surface area contributed by atoms with Crippen LogP contribution in [-0.2, 0) is 21.2 Å². The molecule has 2 aromatic rings. The number of carbonyl (C=O) groups is 1. The third-order valence-electron chi connectivity index (χ3n) is 3.41. The average molecular weight is 493 g/mol. The molecule has 0 fully saturated rings. The predicted molar refractivity (Wildman–Crippen MR) is 107 cm³/mol. The Morgan fingerprint density at radius 2 is 1.72 bits per heavy atom. The van der Waals surface area contributed by atoms with Gasteiger partial charge in [-0.05, 0) is 58.8 Å². The summed E-state index contributed by atoms with van der Waals surface area (Å²) in [6.45, 7) is 0.275. The van der Waals surface area contributed by atoms with E-state index in [1.165, 1.54) is 12.1 Å². The van der Waals surface area contributed by atoms with E-state index in [2.05, 4.69) is 32.6 Å². The molecule has 8 heteroatoms. The minimum Gasteiger partial charge on any atom is -0.354 e. The van der Waals surface area contributed by atoms with Gasteiger partial charge in [-0.25, -0.2) is 8.42 Å². The van der Waals surface area contributed by atoms with Gasteiger partial charge in [-0.3, -0.25) is 4.79 Å². The molecular formula is C17H18ClIN2O3S. The fraction of sp³-hybridized carbons (Fsp3) is 0.235. The van der Waals surface area contributed by atoms with Crippen LogP contribution in [0.4, 0.5) is 0 Å². The fourth-order valence-electron chi connectivity index (χ4n) is 2.20. The molecule has 0 aliphatic rings. The Bertz CT molecular complexity index is 798. The number of benzene rings is 2. The first-order valence-corrected chi connectivity index (χ1v) is 10.7. The van der Waals surface area contributed by atoms with E-state index in [-0.39, 0.29) is 23.7 Å². The van der Waals surface area contributed by atoms with E-state index in [1.54, 1.807) is 12.1 Å². The molecule has 5 nitrogen and oxygen atoms in total. The third kappa shape index (κ3) is 6.25. The van der Waals surface area contributed by atoms with Crippen LogP contribution < -0.4 is 10.0 Å². The van der Waals surface area contributed by atoms with Crippen molar-refractivity contribution in [3.63, 3.8) is 0 Å². The zero-order valence-electron chi connectivity index (χ0n) is 13.3. The molecule has 0 spiro atoms. The normalized spacial score (nSPS) is 12.6. The molecule has 0 saturated heterocycles. The van der Waals surface area contributed by atoms with Crippen LogP contribution in [-0.4, -0.2) is 32.8 Å². The molecule has 1 atom stereocenters. The van der Waals surface area contributed by atoms with Crippen LogP contribution in [0.15, 0.2) is 59.5 Å². The number of carbonyl (C=O) groups excluding carboxylic acids is 1. The van der Waals surface area contributed by atoms with Crippen LogP contribution in [0.2, 0.25) is 0 Å². The molecule has 0 radical (unpaired) electrons. The maximum absolute atomic E-state index is 12.6. The first kappa shape index (κ1) is 20.2. The largest absolute Gasteiger partial charge is 0.354 e. The van der Waals surface area contributed by atoms with Gasteiger partial charge >= 0.3 is 0 Å². The Morgan fingerprint density at radius 1 is 1.08 bits per heavy atom. The van der Waals surface area contributed by atoms with Crippen molar-refractivity contribution in [2.45, 2.75) is 17.4 Å². The minimum absolute atomic E-state index is 0.121. The molecule has 0 aromatic heterocycles. The summed E-state index contributed by atoms with van der Waals surface area (Å²) >= 11 is 7.70. The first-order chi connectivity index (χ1) is 11.9. The number of alkyl halides is 1. The highest BCUT2D eigenvalue weighted by Gasteiger charge is 2.25.